The minimum atomic E-state index is -1.46. The number of amides is 1. The first kappa shape index (κ1) is 18.8. The molecule has 3 N–H and O–H groups in total. The van der Waals surface area contributed by atoms with Crippen molar-refractivity contribution in [1.29, 1.82) is 0 Å². The first-order valence-electron chi connectivity index (χ1n) is 7.68. The lowest BCUT2D eigenvalue weighted by Crippen LogP contribution is -2.43. The molecule has 2 rings (SSSR count). The van der Waals surface area contributed by atoms with Crippen LogP contribution in [0.5, 0.6) is 0 Å². The quantitative estimate of drug-likeness (QED) is 0.661. The van der Waals surface area contributed by atoms with Gasteiger partial charge in [-0.2, -0.15) is 0 Å². The molecule has 3 atom stereocenters. The molecule has 25 heavy (non-hydrogen) atoms. The highest BCUT2D eigenvalue weighted by atomic mass is 32.2. The van der Waals surface area contributed by atoms with E-state index in [0.29, 0.717) is 10.5 Å². The first-order chi connectivity index (χ1) is 12.0. The Balaban J connectivity index is 1.95. The summed E-state index contributed by atoms with van der Waals surface area (Å²) >= 11 is 0. The first-order valence-corrected chi connectivity index (χ1v) is 9.00. The minimum absolute atomic E-state index is 0.00983. The van der Waals surface area contributed by atoms with Crippen LogP contribution in [-0.2, 0) is 20.4 Å². The zero-order valence-corrected chi connectivity index (χ0v) is 14.2. The van der Waals surface area contributed by atoms with E-state index in [1.54, 1.807) is 60.7 Å². The largest absolute Gasteiger partial charge is 0.480 e. The number of nitrogens with one attached hydrogen (secondary N) is 1. The van der Waals surface area contributed by atoms with Gasteiger partial charge in [0.05, 0.1) is 10.8 Å². The highest BCUT2D eigenvalue weighted by Gasteiger charge is 2.25. The molecule has 132 valence electrons. The maximum Gasteiger partial charge on any atom is 0.326 e. The number of carbonyl (C=O) groups excluding carboxylic acids is 1. The van der Waals surface area contributed by atoms with Gasteiger partial charge >= 0.3 is 5.97 Å². The van der Waals surface area contributed by atoms with Crippen LogP contribution in [0.1, 0.15) is 18.1 Å². The van der Waals surface area contributed by atoms with E-state index < -0.39 is 34.8 Å². The van der Waals surface area contributed by atoms with Crippen molar-refractivity contribution in [3.8, 4) is 0 Å². The van der Waals surface area contributed by atoms with Crippen LogP contribution in [0.3, 0.4) is 0 Å². The van der Waals surface area contributed by atoms with Crippen LogP contribution in [0.4, 0.5) is 0 Å². The van der Waals surface area contributed by atoms with Gasteiger partial charge in [-0.25, -0.2) is 4.79 Å². The van der Waals surface area contributed by atoms with E-state index in [9.17, 15) is 24.0 Å². The number of benzene rings is 2. The second-order valence-corrected chi connectivity index (χ2v) is 6.93. The van der Waals surface area contributed by atoms with E-state index in [1.807, 2.05) is 0 Å². The summed E-state index contributed by atoms with van der Waals surface area (Å²) in [5.74, 6) is -1.95. The summed E-state index contributed by atoms with van der Waals surface area (Å²) in [6, 6.07) is 15.7. The van der Waals surface area contributed by atoms with E-state index in [0.717, 1.165) is 0 Å². The van der Waals surface area contributed by atoms with Gasteiger partial charge in [0.25, 0.3) is 5.91 Å². The Hall–Kier alpha value is -2.51. The number of carboxylic acids is 1. The summed E-state index contributed by atoms with van der Waals surface area (Å²) in [5, 5.41) is 21.6. The predicted molar refractivity (Wildman–Crippen MR) is 93.3 cm³/mol. The molecule has 0 saturated carbocycles. The number of aliphatic hydroxyl groups excluding tert-OH is 1. The van der Waals surface area contributed by atoms with Gasteiger partial charge in [0.2, 0.25) is 0 Å². The Kier molecular flexibility index (Phi) is 6.85. The van der Waals surface area contributed by atoms with Crippen molar-refractivity contribution >= 4 is 22.7 Å². The lowest BCUT2D eigenvalue weighted by molar-refractivity contribution is -0.143. The van der Waals surface area contributed by atoms with E-state index >= 15 is 0 Å². The van der Waals surface area contributed by atoms with Crippen LogP contribution in [0.15, 0.2) is 65.6 Å². The normalized spacial score (nSPS) is 14.3. The van der Waals surface area contributed by atoms with Gasteiger partial charge in [0.1, 0.15) is 6.04 Å². The van der Waals surface area contributed by atoms with Gasteiger partial charge in [-0.15, -0.1) is 0 Å². The van der Waals surface area contributed by atoms with Crippen molar-refractivity contribution in [2.75, 3.05) is 5.75 Å². The SMILES string of the molecule is O=C(O)[C@H](CC[S@](=O)c1ccccc1)NC(=O)[C@@H](O)c1ccccc1. The van der Waals surface area contributed by atoms with Crippen LogP contribution in [0.2, 0.25) is 0 Å². The number of aliphatic hydroxyl groups is 1. The van der Waals surface area contributed by atoms with Crippen LogP contribution in [0.25, 0.3) is 0 Å². The highest BCUT2D eigenvalue weighted by molar-refractivity contribution is 7.85. The Morgan fingerprint density at radius 2 is 1.56 bits per heavy atom. The fraction of sp³-hybridized carbons (Fsp3) is 0.222. The molecule has 0 aliphatic rings. The average Bonchev–Trinajstić information content (AvgIpc) is 2.65. The minimum Gasteiger partial charge on any atom is -0.480 e. The second kappa shape index (κ2) is 9.10. The van der Waals surface area contributed by atoms with Crippen molar-refractivity contribution in [3.05, 3.63) is 66.2 Å². The summed E-state index contributed by atoms with van der Waals surface area (Å²) in [6.45, 7) is 0. The maximum atomic E-state index is 12.2. The van der Waals surface area contributed by atoms with Gasteiger partial charge in [-0.3, -0.25) is 9.00 Å². The third-order valence-corrected chi connectivity index (χ3v) is 4.98. The van der Waals surface area contributed by atoms with E-state index in [-0.39, 0.29) is 12.2 Å². The molecule has 0 spiro atoms. The predicted octanol–water partition coefficient (Wildman–Crippen LogP) is 1.49. The second-order valence-electron chi connectivity index (χ2n) is 5.36. The number of aliphatic carboxylic acids is 1. The fourth-order valence-corrected chi connectivity index (χ4v) is 3.36. The Bertz CT molecular complexity index is 736. The van der Waals surface area contributed by atoms with E-state index in [4.69, 9.17) is 0 Å². The molecule has 1 amide bonds. The van der Waals surface area contributed by atoms with Gasteiger partial charge in [-0.05, 0) is 24.1 Å². The van der Waals surface area contributed by atoms with E-state index in [2.05, 4.69) is 5.32 Å². The monoisotopic (exact) mass is 361 g/mol. The number of hydrogen-bond donors (Lipinski definition) is 3. The molecule has 0 unspecified atom stereocenters. The number of carbonyl (C=O) groups is 2. The van der Waals surface area contributed by atoms with Gasteiger partial charge in [0, 0.05) is 10.6 Å². The molecule has 7 heteroatoms. The molecule has 0 bridgehead atoms. The van der Waals surface area contributed by atoms with Crippen molar-refractivity contribution in [2.45, 2.75) is 23.5 Å². The summed E-state index contributed by atoms with van der Waals surface area (Å²) in [4.78, 5) is 24.0. The third kappa shape index (κ3) is 5.51. The molecular weight excluding hydrogens is 342 g/mol. The summed E-state index contributed by atoms with van der Waals surface area (Å²) in [7, 11) is -1.36. The topological polar surface area (TPSA) is 104 Å². The van der Waals surface area contributed by atoms with Crippen molar-refractivity contribution in [2.24, 2.45) is 0 Å². The molecule has 0 aliphatic heterocycles. The summed E-state index contributed by atoms with van der Waals surface area (Å²) < 4.78 is 12.2. The zero-order chi connectivity index (χ0) is 18.2. The number of carboxylic acid groups (broad SMARTS) is 1. The van der Waals surface area contributed by atoms with E-state index in [1.165, 1.54) is 0 Å². The fourth-order valence-electron chi connectivity index (χ4n) is 2.21. The van der Waals surface area contributed by atoms with Crippen LogP contribution >= 0.6 is 0 Å². The molecular formula is C18H19NO5S. The molecule has 0 heterocycles. The Morgan fingerprint density at radius 1 is 1.00 bits per heavy atom. The van der Waals surface area contributed by atoms with Gasteiger partial charge < -0.3 is 15.5 Å². The number of rotatable bonds is 8. The molecule has 0 radical (unpaired) electrons. The molecule has 0 fully saturated rings. The van der Waals surface area contributed by atoms with Crippen LogP contribution in [-0.4, -0.2) is 38.1 Å². The lowest BCUT2D eigenvalue weighted by Gasteiger charge is -2.17. The highest BCUT2D eigenvalue weighted by Crippen LogP contribution is 2.13. The molecule has 0 aliphatic carbocycles. The summed E-state index contributed by atoms with van der Waals surface area (Å²) in [5.41, 5.74) is 0.372. The third-order valence-electron chi connectivity index (χ3n) is 3.58. The Morgan fingerprint density at radius 3 is 2.12 bits per heavy atom. The molecule has 2 aromatic rings. The summed E-state index contributed by atoms with van der Waals surface area (Å²) in [6.07, 6.45) is -1.47. The molecule has 0 aromatic heterocycles. The Labute approximate surface area is 148 Å². The van der Waals surface area contributed by atoms with Crippen molar-refractivity contribution < 1.29 is 24.0 Å². The molecule has 6 nitrogen and oxygen atoms in total. The standard InChI is InChI=1S/C18H19NO5S/c20-16(13-7-3-1-4-8-13)17(21)19-15(18(22)23)11-12-25(24)14-9-5-2-6-10-14/h1-10,15-16,20H,11-12H2,(H,19,21)(H,22,23)/t15-,16-,25-/m0/s1. The van der Waals surface area contributed by atoms with Crippen LogP contribution < -0.4 is 5.32 Å². The smallest absolute Gasteiger partial charge is 0.326 e. The molecule has 0 saturated heterocycles. The maximum absolute atomic E-state index is 12.2. The van der Waals surface area contributed by atoms with Gasteiger partial charge in [-0.1, -0.05) is 48.5 Å². The van der Waals surface area contributed by atoms with Crippen LogP contribution in [0, 0.1) is 0 Å². The lowest BCUT2D eigenvalue weighted by atomic mass is 10.1. The van der Waals surface area contributed by atoms with Crippen molar-refractivity contribution in [3.63, 3.8) is 0 Å². The molecule has 2 aromatic carbocycles. The average molecular weight is 361 g/mol. The van der Waals surface area contributed by atoms with Crippen molar-refractivity contribution in [1.82, 2.24) is 5.32 Å². The zero-order valence-electron chi connectivity index (χ0n) is 13.4. The number of hydrogen-bond acceptors (Lipinski definition) is 4. The van der Waals surface area contributed by atoms with Gasteiger partial charge in [0.15, 0.2) is 6.10 Å².